The number of rotatable bonds is 1. The molecule has 0 aromatic rings. The van der Waals surface area contributed by atoms with E-state index in [9.17, 15) is 19.5 Å². The minimum Gasteiger partial charge on any atom is -0.469 e. The summed E-state index contributed by atoms with van der Waals surface area (Å²) in [4.78, 5) is 37.4. The van der Waals surface area contributed by atoms with E-state index in [2.05, 4.69) is 13.8 Å². The Morgan fingerprint density at radius 2 is 1.88 bits per heavy atom. The summed E-state index contributed by atoms with van der Waals surface area (Å²) in [5.74, 6) is -0.653. The monoisotopic (exact) mass is 460 g/mol. The molecule has 184 valence electrons. The number of carbonyl (C=O) groups excluding carboxylic acids is 3. The van der Waals surface area contributed by atoms with Gasteiger partial charge in [-0.2, -0.15) is 0 Å². The molecule has 3 saturated carbocycles. The Morgan fingerprint density at radius 3 is 2.52 bits per heavy atom. The second kappa shape index (κ2) is 8.51. The molecule has 4 aliphatic carbocycles. The van der Waals surface area contributed by atoms with Gasteiger partial charge in [0.25, 0.3) is 0 Å². The molecular formula is C27H40O6. The molecule has 1 saturated heterocycles. The lowest BCUT2D eigenvalue weighted by Gasteiger charge is -2.66. The van der Waals surface area contributed by atoms with Crippen LogP contribution < -0.4 is 0 Å². The second-order valence-electron chi connectivity index (χ2n) is 11.1. The molecule has 0 bridgehead atoms. The highest BCUT2D eigenvalue weighted by atomic mass is 16.6. The highest BCUT2D eigenvalue weighted by Crippen LogP contribution is 2.69. The number of aliphatic hydroxyl groups excluding tert-OH is 1. The van der Waals surface area contributed by atoms with Crippen LogP contribution in [0.15, 0.2) is 11.6 Å². The molecule has 0 aromatic carbocycles. The van der Waals surface area contributed by atoms with Gasteiger partial charge in [0.1, 0.15) is 5.60 Å². The highest BCUT2D eigenvalue weighted by molar-refractivity contribution is 5.92. The van der Waals surface area contributed by atoms with Crippen LogP contribution >= 0.6 is 0 Å². The number of carbonyl (C=O) groups is 3. The SMILES string of the molecule is CC.COC(=O)[C@@H]1CC2=CC(=O)CCC2(C)C2C1C1CCC[C@@]3(CCC(=O)O3)C1(C)C[C@H]2O. The maximum atomic E-state index is 13.0. The summed E-state index contributed by atoms with van der Waals surface area (Å²) < 4.78 is 11.3. The van der Waals surface area contributed by atoms with Gasteiger partial charge in [-0.25, -0.2) is 0 Å². The highest BCUT2D eigenvalue weighted by Gasteiger charge is 2.69. The first-order chi connectivity index (χ1) is 15.6. The van der Waals surface area contributed by atoms with Crippen LogP contribution in [-0.4, -0.2) is 41.6 Å². The van der Waals surface area contributed by atoms with E-state index in [1.54, 1.807) is 6.08 Å². The number of esters is 2. The van der Waals surface area contributed by atoms with Crippen LogP contribution in [0.4, 0.5) is 0 Å². The third-order valence-electron chi connectivity index (χ3n) is 10.0. The lowest BCUT2D eigenvalue weighted by molar-refractivity contribution is -0.232. The summed E-state index contributed by atoms with van der Waals surface area (Å²) >= 11 is 0. The molecule has 1 aliphatic heterocycles. The number of fused-ring (bicyclic) bond motifs is 6. The Balaban J connectivity index is 0.00000126. The zero-order valence-electron chi connectivity index (χ0n) is 20.8. The molecule has 5 aliphatic rings. The van der Waals surface area contributed by atoms with Crippen molar-refractivity contribution in [2.45, 2.75) is 97.2 Å². The molecule has 5 rings (SSSR count). The van der Waals surface area contributed by atoms with Gasteiger partial charge in [0.2, 0.25) is 0 Å². The van der Waals surface area contributed by atoms with Gasteiger partial charge in [-0.15, -0.1) is 0 Å². The number of methoxy groups -OCH3 is 1. The van der Waals surface area contributed by atoms with Crippen LogP contribution in [0, 0.1) is 34.5 Å². The minimum absolute atomic E-state index is 0.0481. The normalized spacial score (nSPS) is 46.1. The fourth-order valence-corrected chi connectivity index (χ4v) is 8.57. The molecule has 0 amide bonds. The predicted molar refractivity (Wildman–Crippen MR) is 123 cm³/mol. The molecule has 4 fully saturated rings. The van der Waals surface area contributed by atoms with Gasteiger partial charge in [-0.1, -0.05) is 33.3 Å². The zero-order chi connectivity index (χ0) is 24.2. The Labute approximate surface area is 197 Å². The molecule has 1 heterocycles. The first-order valence-electron chi connectivity index (χ1n) is 12.9. The van der Waals surface area contributed by atoms with Crippen molar-refractivity contribution in [2.75, 3.05) is 7.11 Å². The van der Waals surface area contributed by atoms with Crippen LogP contribution in [0.3, 0.4) is 0 Å². The Bertz CT molecular complexity index is 863. The molecule has 33 heavy (non-hydrogen) atoms. The van der Waals surface area contributed by atoms with Crippen molar-refractivity contribution >= 4 is 17.7 Å². The lowest BCUT2D eigenvalue weighted by Crippen LogP contribution is -2.66. The standard InChI is InChI=1S/C25H34O6.C2H6/c1-23-9-6-15(26)11-14(23)12-16(22(29)30-3)20-17-5-4-8-25(10-7-19(28)31-25)24(17,2)13-18(27)21(20)23;1-2/h11,16-18,20-21,27H,4-10,12-13H2,1-3H3;1-2H3/t16-,17?,18-,20?,21?,23?,24?,25-;/m1./s1. The quantitative estimate of drug-likeness (QED) is 0.584. The van der Waals surface area contributed by atoms with Gasteiger partial charge in [-0.3, -0.25) is 14.4 Å². The van der Waals surface area contributed by atoms with Crippen molar-refractivity contribution in [3.05, 3.63) is 11.6 Å². The summed E-state index contributed by atoms with van der Waals surface area (Å²) in [6.07, 6.45) is 7.28. The van der Waals surface area contributed by atoms with Gasteiger partial charge < -0.3 is 14.6 Å². The maximum Gasteiger partial charge on any atom is 0.309 e. The van der Waals surface area contributed by atoms with Crippen molar-refractivity contribution in [2.24, 2.45) is 34.5 Å². The minimum atomic E-state index is -0.616. The largest absolute Gasteiger partial charge is 0.469 e. The average molecular weight is 461 g/mol. The fourth-order valence-electron chi connectivity index (χ4n) is 8.57. The molecule has 6 nitrogen and oxygen atoms in total. The van der Waals surface area contributed by atoms with Crippen molar-refractivity contribution in [1.82, 2.24) is 0 Å². The van der Waals surface area contributed by atoms with E-state index in [4.69, 9.17) is 9.47 Å². The van der Waals surface area contributed by atoms with E-state index in [-0.39, 0.29) is 52.2 Å². The van der Waals surface area contributed by atoms with Crippen LogP contribution in [0.1, 0.15) is 85.5 Å². The maximum absolute atomic E-state index is 13.0. The van der Waals surface area contributed by atoms with Gasteiger partial charge in [0, 0.05) is 18.3 Å². The zero-order valence-corrected chi connectivity index (χ0v) is 20.8. The summed E-state index contributed by atoms with van der Waals surface area (Å²) in [5, 5.41) is 11.7. The number of aliphatic hydroxyl groups is 1. The van der Waals surface area contributed by atoms with Gasteiger partial charge in [0.15, 0.2) is 5.78 Å². The molecule has 1 spiro atoms. The summed E-state index contributed by atoms with van der Waals surface area (Å²) in [7, 11) is 1.42. The Hall–Kier alpha value is -1.69. The third kappa shape index (κ3) is 3.42. The molecule has 0 aromatic heterocycles. The van der Waals surface area contributed by atoms with Crippen molar-refractivity contribution in [3.63, 3.8) is 0 Å². The first kappa shape index (κ1) is 24.4. The Morgan fingerprint density at radius 1 is 1.15 bits per heavy atom. The fraction of sp³-hybridized carbons (Fsp3) is 0.815. The third-order valence-corrected chi connectivity index (χ3v) is 10.0. The number of hydrogen-bond acceptors (Lipinski definition) is 6. The summed E-state index contributed by atoms with van der Waals surface area (Å²) in [6.45, 7) is 8.36. The van der Waals surface area contributed by atoms with Crippen molar-refractivity contribution in [1.29, 1.82) is 0 Å². The number of allylic oxidation sites excluding steroid dienone is 2. The van der Waals surface area contributed by atoms with E-state index in [1.807, 2.05) is 13.8 Å². The average Bonchev–Trinajstić information content (AvgIpc) is 3.17. The predicted octanol–water partition coefficient (Wildman–Crippen LogP) is 4.38. The van der Waals surface area contributed by atoms with Crippen LogP contribution in [0.2, 0.25) is 0 Å². The molecular weight excluding hydrogens is 420 g/mol. The van der Waals surface area contributed by atoms with E-state index in [0.717, 1.165) is 24.8 Å². The second-order valence-corrected chi connectivity index (χ2v) is 11.1. The molecule has 0 radical (unpaired) electrons. The summed E-state index contributed by atoms with van der Waals surface area (Å²) in [6, 6.07) is 0. The van der Waals surface area contributed by atoms with E-state index >= 15 is 0 Å². The van der Waals surface area contributed by atoms with Crippen LogP contribution in [0.5, 0.6) is 0 Å². The number of ether oxygens (including phenoxy) is 2. The Kier molecular flexibility index (Phi) is 6.30. The van der Waals surface area contributed by atoms with E-state index in [0.29, 0.717) is 38.5 Å². The van der Waals surface area contributed by atoms with E-state index < -0.39 is 11.7 Å². The number of hydrogen-bond donors (Lipinski definition) is 1. The first-order valence-corrected chi connectivity index (χ1v) is 12.9. The summed E-state index contributed by atoms with van der Waals surface area (Å²) in [5.41, 5.74) is -0.201. The lowest BCUT2D eigenvalue weighted by atomic mass is 9.39. The molecule has 6 heteroatoms. The van der Waals surface area contributed by atoms with Gasteiger partial charge >= 0.3 is 11.9 Å². The molecule has 5 unspecified atom stereocenters. The molecule has 1 N–H and O–H groups in total. The van der Waals surface area contributed by atoms with Crippen LogP contribution in [-0.2, 0) is 23.9 Å². The smallest absolute Gasteiger partial charge is 0.309 e. The van der Waals surface area contributed by atoms with Gasteiger partial charge in [0.05, 0.1) is 19.1 Å². The topological polar surface area (TPSA) is 89.9 Å². The number of ketones is 1. The van der Waals surface area contributed by atoms with Gasteiger partial charge in [-0.05, 0) is 74.2 Å². The van der Waals surface area contributed by atoms with Crippen molar-refractivity contribution < 1.29 is 29.0 Å². The van der Waals surface area contributed by atoms with Crippen LogP contribution in [0.25, 0.3) is 0 Å². The van der Waals surface area contributed by atoms with E-state index in [1.165, 1.54) is 7.11 Å². The van der Waals surface area contributed by atoms with Crippen molar-refractivity contribution in [3.8, 4) is 0 Å². The molecule has 8 atom stereocenters.